The molecule has 0 aliphatic carbocycles. The molecule has 5 heteroatoms. The number of pyridine rings is 1. The Bertz CT molecular complexity index is 445. The lowest BCUT2D eigenvalue weighted by molar-refractivity contribution is 0.269. The van der Waals surface area contributed by atoms with Gasteiger partial charge in [-0.3, -0.25) is 0 Å². The summed E-state index contributed by atoms with van der Waals surface area (Å²) in [6, 6.07) is 2.53. The maximum Gasteiger partial charge on any atom is 0.136 e. The van der Waals surface area contributed by atoms with E-state index in [2.05, 4.69) is 36.1 Å². The molecule has 0 bridgehead atoms. The van der Waals surface area contributed by atoms with Crippen molar-refractivity contribution in [1.29, 1.82) is 0 Å². The van der Waals surface area contributed by atoms with Gasteiger partial charge in [0.2, 0.25) is 0 Å². The molecule has 0 spiro atoms. The third-order valence-corrected chi connectivity index (χ3v) is 3.72. The van der Waals surface area contributed by atoms with E-state index in [0.717, 1.165) is 42.9 Å². The summed E-state index contributed by atoms with van der Waals surface area (Å²) < 4.78 is 0. The van der Waals surface area contributed by atoms with Crippen molar-refractivity contribution in [3.8, 4) is 0 Å². The van der Waals surface area contributed by atoms with E-state index in [1.165, 1.54) is 0 Å². The molecule has 1 aromatic rings. The average Bonchev–Trinajstić information content (AvgIpc) is 2.37. The third kappa shape index (κ3) is 5.06. The van der Waals surface area contributed by atoms with Crippen molar-refractivity contribution in [3.05, 3.63) is 23.4 Å². The number of anilines is 1. The molecule has 0 radical (unpaired) electrons. The van der Waals surface area contributed by atoms with E-state index in [1.54, 1.807) is 6.20 Å². The van der Waals surface area contributed by atoms with Crippen molar-refractivity contribution in [2.75, 3.05) is 25.5 Å². The summed E-state index contributed by atoms with van der Waals surface area (Å²) in [6.45, 7) is 8.42. The maximum atomic E-state index is 5.76. The molecule has 0 aromatic carbocycles. The van der Waals surface area contributed by atoms with Crippen LogP contribution >= 0.6 is 12.2 Å². The summed E-state index contributed by atoms with van der Waals surface area (Å²) in [6.07, 6.45) is 4.05. The molecule has 0 fully saturated rings. The van der Waals surface area contributed by atoms with E-state index in [0.29, 0.717) is 11.0 Å². The number of unbranched alkanes of at least 4 members (excludes halogenated alkanes) is 1. The summed E-state index contributed by atoms with van der Waals surface area (Å²) in [5.74, 6) is 0.801. The predicted molar refractivity (Wildman–Crippen MR) is 90.4 cm³/mol. The van der Waals surface area contributed by atoms with Crippen LogP contribution in [0.2, 0.25) is 0 Å². The summed E-state index contributed by atoms with van der Waals surface area (Å²) in [5.41, 5.74) is 7.69. The van der Waals surface area contributed by atoms with E-state index in [1.807, 2.05) is 13.0 Å². The van der Waals surface area contributed by atoms with Crippen molar-refractivity contribution in [3.63, 3.8) is 0 Å². The van der Waals surface area contributed by atoms with Crippen molar-refractivity contribution >= 4 is 23.0 Å². The Kier molecular flexibility index (Phi) is 6.88. The highest BCUT2D eigenvalue weighted by Gasteiger charge is 2.09. The van der Waals surface area contributed by atoms with Gasteiger partial charge in [0, 0.05) is 18.8 Å². The van der Waals surface area contributed by atoms with Gasteiger partial charge in [-0.05, 0) is 58.8 Å². The third-order valence-electron chi connectivity index (χ3n) is 3.52. The number of hydrogen-bond acceptors (Lipinski definition) is 4. The highest BCUT2D eigenvalue weighted by molar-refractivity contribution is 7.80. The molecule has 1 heterocycles. The minimum absolute atomic E-state index is 0.401. The zero-order valence-electron chi connectivity index (χ0n) is 12.9. The Morgan fingerprint density at radius 1 is 1.45 bits per heavy atom. The molecule has 1 rings (SSSR count). The van der Waals surface area contributed by atoms with Crippen LogP contribution in [0.5, 0.6) is 0 Å². The van der Waals surface area contributed by atoms with Gasteiger partial charge in [0.25, 0.3) is 0 Å². The van der Waals surface area contributed by atoms with Crippen molar-refractivity contribution in [2.24, 2.45) is 5.73 Å². The Morgan fingerprint density at radius 3 is 2.75 bits per heavy atom. The van der Waals surface area contributed by atoms with Crippen LogP contribution < -0.4 is 11.1 Å². The van der Waals surface area contributed by atoms with Gasteiger partial charge < -0.3 is 16.0 Å². The average molecular weight is 294 g/mol. The summed E-state index contributed by atoms with van der Waals surface area (Å²) in [4.78, 5) is 7.09. The van der Waals surface area contributed by atoms with Crippen LogP contribution in [0.1, 0.15) is 37.8 Å². The number of rotatable bonds is 8. The quantitative estimate of drug-likeness (QED) is 0.570. The fourth-order valence-electron chi connectivity index (χ4n) is 1.95. The largest absolute Gasteiger partial charge is 0.389 e. The van der Waals surface area contributed by atoms with E-state index in [9.17, 15) is 0 Å². The Balaban J connectivity index is 2.43. The first-order valence-electron chi connectivity index (χ1n) is 7.13. The molecule has 3 N–H and O–H groups in total. The first-order chi connectivity index (χ1) is 9.43. The summed E-state index contributed by atoms with van der Waals surface area (Å²) in [5, 5.41) is 3.34. The van der Waals surface area contributed by atoms with E-state index >= 15 is 0 Å². The van der Waals surface area contributed by atoms with Crippen LogP contribution in [0.15, 0.2) is 12.3 Å². The van der Waals surface area contributed by atoms with Gasteiger partial charge in [0.15, 0.2) is 0 Å². The second kappa shape index (κ2) is 8.17. The highest BCUT2D eigenvalue weighted by Crippen LogP contribution is 2.16. The van der Waals surface area contributed by atoms with Gasteiger partial charge in [0.05, 0.1) is 5.56 Å². The molecular formula is C15H26N4S. The van der Waals surface area contributed by atoms with E-state index in [-0.39, 0.29) is 0 Å². The van der Waals surface area contributed by atoms with Crippen molar-refractivity contribution in [2.45, 2.75) is 39.7 Å². The molecule has 0 aliphatic heterocycles. The number of nitrogens with two attached hydrogens (primary N) is 1. The van der Waals surface area contributed by atoms with Crippen molar-refractivity contribution < 1.29 is 0 Å². The summed E-state index contributed by atoms with van der Waals surface area (Å²) >= 11 is 5.09. The van der Waals surface area contributed by atoms with Crippen LogP contribution in [0.4, 0.5) is 5.82 Å². The number of nitrogens with one attached hydrogen (secondary N) is 1. The SMILES string of the molecule is Cc1ccnc(NCCCCN(C)C(C)C)c1C(N)=S. The standard InChI is InChI=1S/C15H26N4S/c1-11(2)19(4)10-6-5-8-17-15-13(14(16)20)12(3)7-9-18-15/h7,9,11H,5-6,8,10H2,1-4H3,(H2,16,20)(H,17,18). The smallest absolute Gasteiger partial charge is 0.136 e. The lowest BCUT2D eigenvalue weighted by atomic mass is 10.1. The Labute approximate surface area is 127 Å². The normalized spacial score (nSPS) is 11.1. The maximum absolute atomic E-state index is 5.76. The molecule has 4 nitrogen and oxygen atoms in total. The minimum Gasteiger partial charge on any atom is -0.389 e. The van der Waals surface area contributed by atoms with Crippen LogP contribution in [0.25, 0.3) is 0 Å². The topological polar surface area (TPSA) is 54.2 Å². The lowest BCUT2D eigenvalue weighted by Crippen LogP contribution is -2.27. The number of aromatic nitrogens is 1. The molecule has 0 saturated carbocycles. The zero-order chi connectivity index (χ0) is 15.1. The van der Waals surface area contributed by atoms with Gasteiger partial charge >= 0.3 is 0 Å². The first kappa shape index (κ1) is 16.9. The number of nitrogens with zero attached hydrogens (tertiary/aromatic N) is 2. The molecule has 20 heavy (non-hydrogen) atoms. The highest BCUT2D eigenvalue weighted by atomic mass is 32.1. The lowest BCUT2D eigenvalue weighted by Gasteiger charge is -2.20. The predicted octanol–water partition coefficient (Wildman–Crippen LogP) is 2.56. The molecule has 0 saturated heterocycles. The zero-order valence-corrected chi connectivity index (χ0v) is 13.8. The second-order valence-electron chi connectivity index (χ2n) is 5.42. The molecular weight excluding hydrogens is 268 g/mol. The molecule has 0 atom stereocenters. The van der Waals surface area contributed by atoms with Gasteiger partial charge in [-0.25, -0.2) is 4.98 Å². The van der Waals surface area contributed by atoms with Crippen LogP contribution in [-0.4, -0.2) is 41.1 Å². The molecule has 1 aromatic heterocycles. The van der Waals surface area contributed by atoms with Gasteiger partial charge in [-0.15, -0.1) is 0 Å². The second-order valence-corrected chi connectivity index (χ2v) is 5.86. The Morgan fingerprint density at radius 2 is 2.15 bits per heavy atom. The monoisotopic (exact) mass is 294 g/mol. The van der Waals surface area contributed by atoms with Gasteiger partial charge in [-0.2, -0.15) is 0 Å². The van der Waals surface area contributed by atoms with Crippen LogP contribution in [0, 0.1) is 6.92 Å². The van der Waals surface area contributed by atoms with Gasteiger partial charge in [-0.1, -0.05) is 12.2 Å². The van der Waals surface area contributed by atoms with Gasteiger partial charge in [0.1, 0.15) is 10.8 Å². The molecule has 0 amide bonds. The van der Waals surface area contributed by atoms with Crippen molar-refractivity contribution in [1.82, 2.24) is 9.88 Å². The molecule has 0 aliphatic rings. The number of aryl methyl sites for hydroxylation is 1. The number of hydrogen-bond donors (Lipinski definition) is 2. The van der Waals surface area contributed by atoms with E-state index in [4.69, 9.17) is 18.0 Å². The minimum atomic E-state index is 0.401. The molecule has 112 valence electrons. The molecule has 0 unspecified atom stereocenters. The fraction of sp³-hybridized carbons (Fsp3) is 0.600. The number of thiocarbonyl (C=S) groups is 1. The Hall–Kier alpha value is -1.20. The van der Waals surface area contributed by atoms with E-state index < -0.39 is 0 Å². The first-order valence-corrected chi connectivity index (χ1v) is 7.53. The summed E-state index contributed by atoms with van der Waals surface area (Å²) in [7, 11) is 2.16. The van der Waals surface area contributed by atoms with Crippen LogP contribution in [-0.2, 0) is 0 Å². The fourth-order valence-corrected chi connectivity index (χ4v) is 2.21. The van der Waals surface area contributed by atoms with Crippen LogP contribution in [0.3, 0.4) is 0 Å².